The molecule has 2 fully saturated rings. The number of halogens is 5. The van der Waals surface area contributed by atoms with Gasteiger partial charge in [-0.2, -0.15) is 13.2 Å². The molecule has 0 radical (unpaired) electrons. The van der Waals surface area contributed by atoms with E-state index in [2.05, 4.69) is 5.32 Å². The van der Waals surface area contributed by atoms with Crippen LogP contribution in [0, 0.1) is 23.6 Å². The number of carbonyl (C=O) groups excluding carboxylic acids is 1. The number of nitrogens with two attached hydrogens (primary N) is 1. The lowest BCUT2D eigenvalue weighted by Crippen LogP contribution is -2.45. The molecule has 1 aromatic carbocycles. The monoisotopic (exact) mass is 366 g/mol. The number of benzene rings is 1. The molecule has 24 heavy (non-hydrogen) atoms. The van der Waals surface area contributed by atoms with Crippen molar-refractivity contribution in [2.75, 3.05) is 0 Å². The summed E-state index contributed by atoms with van der Waals surface area (Å²) in [6, 6.07) is 2.24. The molecule has 2 saturated carbocycles. The van der Waals surface area contributed by atoms with Crippen molar-refractivity contribution in [1.29, 1.82) is 0 Å². The van der Waals surface area contributed by atoms with Gasteiger partial charge in [0.05, 0.1) is 11.5 Å². The van der Waals surface area contributed by atoms with Crippen molar-refractivity contribution in [1.82, 2.24) is 5.32 Å². The highest BCUT2D eigenvalue weighted by atomic mass is 35.5. The standard InChI is InChI=1S/C16H18F4N2O.ClH/c17-11-4-3-10(12(6-11)16(18,19)20)7-22-15(23)13-8-1-2-9(5-8)14(13)21;/h3-4,6,8-9,13-14H,1-2,5,7,21H2,(H,22,23);1H. The third-order valence-electron chi connectivity index (χ3n) is 5.11. The van der Waals surface area contributed by atoms with Crippen LogP contribution in [0.4, 0.5) is 17.6 Å². The van der Waals surface area contributed by atoms with Crippen molar-refractivity contribution in [3.05, 3.63) is 35.1 Å². The molecule has 2 aliphatic carbocycles. The quantitative estimate of drug-likeness (QED) is 0.807. The van der Waals surface area contributed by atoms with E-state index in [4.69, 9.17) is 5.73 Å². The van der Waals surface area contributed by atoms with E-state index in [0.29, 0.717) is 12.0 Å². The van der Waals surface area contributed by atoms with E-state index in [1.807, 2.05) is 0 Å². The Hall–Kier alpha value is -1.34. The molecular weight excluding hydrogens is 348 g/mol. The lowest BCUT2D eigenvalue weighted by atomic mass is 9.84. The second-order valence-corrected chi connectivity index (χ2v) is 6.45. The summed E-state index contributed by atoms with van der Waals surface area (Å²) in [5.74, 6) is -1.02. The van der Waals surface area contributed by atoms with Gasteiger partial charge >= 0.3 is 6.18 Å². The second kappa shape index (κ2) is 6.88. The first-order valence-electron chi connectivity index (χ1n) is 7.66. The number of rotatable bonds is 3. The number of alkyl halides is 3. The SMILES string of the molecule is Cl.NC1C2CCC(C2)C1C(=O)NCc1ccc(F)cc1C(F)(F)F. The van der Waals surface area contributed by atoms with E-state index in [-0.39, 0.29) is 48.3 Å². The van der Waals surface area contributed by atoms with Crippen LogP contribution >= 0.6 is 12.4 Å². The van der Waals surface area contributed by atoms with Crippen molar-refractivity contribution < 1.29 is 22.4 Å². The largest absolute Gasteiger partial charge is 0.416 e. The van der Waals surface area contributed by atoms with Gasteiger partial charge < -0.3 is 11.1 Å². The van der Waals surface area contributed by atoms with Crippen LogP contribution in [0.3, 0.4) is 0 Å². The summed E-state index contributed by atoms with van der Waals surface area (Å²) < 4.78 is 51.9. The molecule has 0 aromatic heterocycles. The molecule has 2 aliphatic rings. The van der Waals surface area contributed by atoms with Crippen LogP contribution in [0.1, 0.15) is 30.4 Å². The maximum atomic E-state index is 13.1. The fourth-order valence-corrected chi connectivity index (χ4v) is 3.99. The fourth-order valence-electron chi connectivity index (χ4n) is 3.99. The number of carbonyl (C=O) groups is 1. The van der Waals surface area contributed by atoms with Crippen LogP contribution in [0.2, 0.25) is 0 Å². The summed E-state index contributed by atoms with van der Waals surface area (Å²) in [5.41, 5.74) is 4.85. The van der Waals surface area contributed by atoms with Crippen LogP contribution in [-0.4, -0.2) is 11.9 Å². The van der Waals surface area contributed by atoms with E-state index >= 15 is 0 Å². The molecule has 134 valence electrons. The molecule has 0 heterocycles. The molecule has 4 unspecified atom stereocenters. The Labute approximate surface area is 143 Å². The Kier molecular flexibility index (Phi) is 5.44. The molecule has 1 amide bonds. The lowest BCUT2D eigenvalue weighted by molar-refractivity contribution is -0.138. The Morgan fingerprint density at radius 3 is 2.50 bits per heavy atom. The Balaban J connectivity index is 0.00000208. The number of nitrogens with one attached hydrogen (secondary N) is 1. The summed E-state index contributed by atoms with van der Waals surface area (Å²) >= 11 is 0. The summed E-state index contributed by atoms with van der Waals surface area (Å²) in [6.07, 6.45) is -1.78. The number of fused-ring (bicyclic) bond motifs is 2. The molecular formula is C16H19ClF4N2O. The fraction of sp³-hybridized carbons (Fsp3) is 0.562. The smallest absolute Gasteiger partial charge is 0.352 e. The van der Waals surface area contributed by atoms with Gasteiger partial charge in [-0.15, -0.1) is 12.4 Å². The Morgan fingerprint density at radius 2 is 1.92 bits per heavy atom. The first-order chi connectivity index (χ1) is 10.8. The van der Waals surface area contributed by atoms with Gasteiger partial charge in [0.15, 0.2) is 0 Å². The summed E-state index contributed by atoms with van der Waals surface area (Å²) in [7, 11) is 0. The summed E-state index contributed by atoms with van der Waals surface area (Å²) in [5, 5.41) is 2.55. The second-order valence-electron chi connectivity index (χ2n) is 6.45. The van der Waals surface area contributed by atoms with Crippen molar-refractivity contribution in [3.63, 3.8) is 0 Å². The first kappa shape index (κ1) is 19.0. The molecule has 2 bridgehead atoms. The highest BCUT2D eigenvalue weighted by Crippen LogP contribution is 2.47. The molecule has 8 heteroatoms. The van der Waals surface area contributed by atoms with Crippen LogP contribution in [0.5, 0.6) is 0 Å². The maximum Gasteiger partial charge on any atom is 0.416 e. The van der Waals surface area contributed by atoms with Crippen LogP contribution in [0.15, 0.2) is 18.2 Å². The highest BCUT2D eigenvalue weighted by Gasteiger charge is 2.49. The number of hydrogen-bond donors (Lipinski definition) is 2. The van der Waals surface area contributed by atoms with Crippen molar-refractivity contribution in [2.45, 2.75) is 38.0 Å². The number of hydrogen-bond acceptors (Lipinski definition) is 2. The average molecular weight is 367 g/mol. The molecule has 1 aromatic rings. The third-order valence-corrected chi connectivity index (χ3v) is 5.11. The zero-order valence-corrected chi connectivity index (χ0v) is 13.6. The molecule has 0 spiro atoms. The summed E-state index contributed by atoms with van der Waals surface area (Å²) in [6.45, 7) is -0.283. The Bertz CT molecular complexity index is 621. The minimum absolute atomic E-state index is 0. The highest BCUT2D eigenvalue weighted by molar-refractivity contribution is 5.85. The van der Waals surface area contributed by atoms with Gasteiger partial charge in [0.1, 0.15) is 5.82 Å². The van der Waals surface area contributed by atoms with Crippen molar-refractivity contribution in [3.8, 4) is 0 Å². The van der Waals surface area contributed by atoms with E-state index in [1.54, 1.807) is 0 Å². The van der Waals surface area contributed by atoms with Gasteiger partial charge in [-0.25, -0.2) is 4.39 Å². The van der Waals surface area contributed by atoms with Crippen molar-refractivity contribution >= 4 is 18.3 Å². The van der Waals surface area contributed by atoms with Crippen LogP contribution in [0.25, 0.3) is 0 Å². The minimum Gasteiger partial charge on any atom is -0.352 e. The first-order valence-corrected chi connectivity index (χ1v) is 7.66. The summed E-state index contributed by atoms with van der Waals surface area (Å²) in [4.78, 5) is 12.3. The molecule has 3 nitrogen and oxygen atoms in total. The molecule has 0 aliphatic heterocycles. The Morgan fingerprint density at radius 1 is 1.25 bits per heavy atom. The van der Waals surface area contributed by atoms with Gasteiger partial charge in [0.2, 0.25) is 5.91 Å². The van der Waals surface area contributed by atoms with E-state index in [9.17, 15) is 22.4 Å². The van der Waals surface area contributed by atoms with Gasteiger partial charge in [0, 0.05) is 12.6 Å². The predicted molar refractivity (Wildman–Crippen MR) is 82.8 cm³/mol. The normalized spacial score (nSPS) is 28.5. The van der Waals surface area contributed by atoms with Gasteiger partial charge in [-0.1, -0.05) is 6.07 Å². The lowest BCUT2D eigenvalue weighted by Gasteiger charge is -2.27. The van der Waals surface area contributed by atoms with Gasteiger partial charge in [0.25, 0.3) is 0 Å². The maximum absolute atomic E-state index is 13.1. The van der Waals surface area contributed by atoms with E-state index in [1.165, 1.54) is 0 Å². The van der Waals surface area contributed by atoms with Gasteiger partial charge in [-0.05, 0) is 48.8 Å². The zero-order chi connectivity index (χ0) is 16.8. The van der Waals surface area contributed by atoms with Crippen molar-refractivity contribution in [2.24, 2.45) is 23.5 Å². The van der Waals surface area contributed by atoms with E-state index < -0.39 is 17.6 Å². The third kappa shape index (κ3) is 3.52. The number of amides is 1. The predicted octanol–water partition coefficient (Wildman–Crippen LogP) is 3.26. The molecule has 4 atom stereocenters. The van der Waals surface area contributed by atoms with Crippen LogP contribution in [-0.2, 0) is 17.5 Å². The average Bonchev–Trinajstić information content (AvgIpc) is 3.05. The van der Waals surface area contributed by atoms with Gasteiger partial charge in [-0.3, -0.25) is 4.79 Å². The molecule has 3 N–H and O–H groups in total. The van der Waals surface area contributed by atoms with Crippen LogP contribution < -0.4 is 11.1 Å². The minimum atomic E-state index is -4.66. The van der Waals surface area contributed by atoms with E-state index in [0.717, 1.165) is 31.4 Å². The topological polar surface area (TPSA) is 55.1 Å². The zero-order valence-electron chi connectivity index (χ0n) is 12.8. The molecule has 3 rings (SSSR count). The molecule has 0 saturated heterocycles.